The molecule has 9 nitrogen and oxygen atoms in total. The normalized spacial score (nSPS) is 14.0. The molecule has 1 N–H and O–H groups in total. The summed E-state index contributed by atoms with van der Waals surface area (Å²) >= 11 is 0. The highest BCUT2D eigenvalue weighted by Crippen LogP contribution is 2.43. The van der Waals surface area contributed by atoms with Crippen LogP contribution in [0.25, 0.3) is 0 Å². The molecule has 2 atom stereocenters. The number of likely N-dealkylation sites (N-methyl/N-ethyl adjacent to an activating group) is 1. The molecule has 0 bridgehead atoms. The van der Waals surface area contributed by atoms with Crippen molar-refractivity contribution in [3.05, 3.63) is 97.2 Å². The molecular formula is C63H111NO8P+. The summed E-state index contributed by atoms with van der Waals surface area (Å²) in [5.41, 5.74) is 0. The van der Waals surface area contributed by atoms with E-state index in [1.54, 1.807) is 0 Å². The van der Waals surface area contributed by atoms with Crippen molar-refractivity contribution in [1.82, 2.24) is 0 Å². The third kappa shape index (κ3) is 58.1. The number of rotatable bonds is 53. The molecule has 0 heterocycles. The van der Waals surface area contributed by atoms with Gasteiger partial charge in [0.1, 0.15) is 19.8 Å². The topological polar surface area (TPSA) is 108 Å². The number of hydrogen-bond donors (Lipinski definition) is 1. The maximum Gasteiger partial charge on any atom is 0.472 e. The first-order chi connectivity index (χ1) is 35.5. The van der Waals surface area contributed by atoms with Crippen molar-refractivity contribution in [2.45, 2.75) is 245 Å². The second kappa shape index (κ2) is 53.7. The number of unbranched alkanes of at least 4 members (excludes halogenated alkanes) is 23. The minimum atomic E-state index is -4.39. The maximum atomic E-state index is 12.8. The van der Waals surface area contributed by atoms with Gasteiger partial charge in [-0.15, -0.1) is 0 Å². The van der Waals surface area contributed by atoms with Gasteiger partial charge in [-0.3, -0.25) is 18.6 Å². The highest BCUT2D eigenvalue weighted by molar-refractivity contribution is 7.47. The fraction of sp³-hybridized carbons (Fsp3) is 0.714. The number of ether oxygens (including phenoxy) is 2. The van der Waals surface area contributed by atoms with Gasteiger partial charge < -0.3 is 18.9 Å². The van der Waals surface area contributed by atoms with Crippen LogP contribution in [0.4, 0.5) is 0 Å². The fourth-order valence-corrected chi connectivity index (χ4v) is 8.56. The highest BCUT2D eigenvalue weighted by atomic mass is 31.2. The quantitative estimate of drug-likeness (QED) is 0.0211. The first-order valence-electron chi connectivity index (χ1n) is 29.5. The lowest BCUT2D eigenvalue weighted by Gasteiger charge is -2.24. The molecule has 0 spiro atoms. The molecular weight excluding hydrogens is 930 g/mol. The van der Waals surface area contributed by atoms with E-state index in [4.69, 9.17) is 18.5 Å². The first kappa shape index (κ1) is 69.9. The number of nitrogens with zero attached hydrogens (tertiary/aromatic N) is 1. The van der Waals surface area contributed by atoms with Crippen LogP contribution in [-0.2, 0) is 32.7 Å². The lowest BCUT2D eigenvalue weighted by molar-refractivity contribution is -0.870. The number of esters is 2. The molecule has 0 aliphatic carbocycles. The molecule has 0 aromatic carbocycles. The van der Waals surface area contributed by atoms with Crippen LogP contribution in [0, 0.1) is 0 Å². The van der Waals surface area contributed by atoms with Gasteiger partial charge in [-0.05, 0) is 96.3 Å². The Bertz CT molecular complexity index is 1550. The molecule has 2 unspecified atom stereocenters. The predicted octanol–water partition coefficient (Wildman–Crippen LogP) is 18.4. The zero-order valence-electron chi connectivity index (χ0n) is 47.6. The van der Waals surface area contributed by atoms with E-state index in [2.05, 4.69) is 111 Å². The molecule has 0 saturated carbocycles. The largest absolute Gasteiger partial charge is 0.472 e. The number of allylic oxidation sites excluding steroid dienone is 16. The van der Waals surface area contributed by atoms with Crippen LogP contribution in [-0.4, -0.2) is 74.9 Å². The molecule has 0 radical (unpaired) electrons. The molecule has 0 aliphatic rings. The van der Waals surface area contributed by atoms with Crippen LogP contribution < -0.4 is 0 Å². The second-order valence-electron chi connectivity index (χ2n) is 20.6. The summed E-state index contributed by atoms with van der Waals surface area (Å²) in [5, 5.41) is 0. The van der Waals surface area contributed by atoms with Crippen LogP contribution in [0.15, 0.2) is 97.2 Å². The van der Waals surface area contributed by atoms with E-state index in [1.807, 2.05) is 21.1 Å². The fourth-order valence-electron chi connectivity index (χ4n) is 7.81. The van der Waals surface area contributed by atoms with Gasteiger partial charge in [0.15, 0.2) is 6.10 Å². The lowest BCUT2D eigenvalue weighted by atomic mass is 10.0. The number of hydrogen-bond acceptors (Lipinski definition) is 7. The van der Waals surface area contributed by atoms with Crippen LogP contribution in [0.2, 0.25) is 0 Å². The van der Waals surface area contributed by atoms with E-state index in [0.29, 0.717) is 17.4 Å². The summed E-state index contributed by atoms with van der Waals surface area (Å²) in [7, 11) is 1.46. The van der Waals surface area contributed by atoms with Gasteiger partial charge in [-0.1, -0.05) is 227 Å². The van der Waals surface area contributed by atoms with Gasteiger partial charge in [-0.2, -0.15) is 0 Å². The Morgan fingerprint density at radius 1 is 0.438 bits per heavy atom. The molecule has 10 heteroatoms. The third-order valence-electron chi connectivity index (χ3n) is 12.3. The van der Waals surface area contributed by atoms with Crippen molar-refractivity contribution in [3.63, 3.8) is 0 Å². The molecule has 0 rings (SSSR count). The van der Waals surface area contributed by atoms with E-state index >= 15 is 0 Å². The van der Waals surface area contributed by atoms with E-state index < -0.39 is 26.5 Å². The third-order valence-corrected chi connectivity index (χ3v) is 13.3. The SMILES string of the molecule is CC/C=C\C/C=C\C/C=C\C/C=C\C/C=C\C/C=C\CCCCCCCCCCCCCCC(=O)OC(COC(=O)CCCCCCCCC/C=C\C/C=C\CCCCCC)COP(=O)(O)OCC[N+](C)(C)C. The summed E-state index contributed by atoms with van der Waals surface area (Å²) in [5.74, 6) is -0.810. The summed E-state index contributed by atoms with van der Waals surface area (Å²) in [6, 6.07) is 0. The summed E-state index contributed by atoms with van der Waals surface area (Å²) < 4.78 is 34.6. The minimum absolute atomic E-state index is 0.0261. The maximum absolute atomic E-state index is 12.8. The van der Waals surface area contributed by atoms with Gasteiger partial charge in [0.05, 0.1) is 27.7 Å². The molecule has 0 fully saturated rings. The van der Waals surface area contributed by atoms with Crippen molar-refractivity contribution in [3.8, 4) is 0 Å². The molecule has 420 valence electrons. The van der Waals surface area contributed by atoms with Gasteiger partial charge in [0.2, 0.25) is 0 Å². The number of carbonyl (C=O) groups excluding carboxylic acids is 2. The van der Waals surface area contributed by atoms with Crippen molar-refractivity contribution >= 4 is 19.8 Å². The van der Waals surface area contributed by atoms with Gasteiger partial charge in [-0.25, -0.2) is 4.57 Å². The Hall–Kier alpha value is -3.07. The van der Waals surface area contributed by atoms with Gasteiger partial charge in [0.25, 0.3) is 0 Å². The lowest BCUT2D eigenvalue weighted by Crippen LogP contribution is -2.37. The van der Waals surface area contributed by atoms with Crippen molar-refractivity contribution in [2.75, 3.05) is 47.5 Å². The standard InChI is InChI=1S/C63H110NO8P/c1-6-8-10-12-14-16-18-20-22-24-26-27-28-29-30-31-32-33-34-35-36-37-38-40-42-44-46-48-50-52-54-56-63(66)72-61(60-71-73(67,68)70-58-57-64(3,4)5)59-69-62(65)55-53-51-49-47-45-43-41-39-25-23-21-19-17-15-13-11-9-7-2/h8,10,14,16-17,19-20,22-23,25-27,29-30,32-33,61H,6-7,9,11-13,15,18,21,24,28,31,34-60H2,1-5H3/p+1/b10-8-,16-14-,19-17-,22-20-,25-23-,27-26-,30-29-,33-32-. The molecule has 0 aromatic rings. The smallest absolute Gasteiger partial charge is 0.462 e. The monoisotopic (exact) mass is 1040 g/mol. The average molecular weight is 1040 g/mol. The molecule has 0 aliphatic heterocycles. The number of phosphoric ester groups is 1. The van der Waals surface area contributed by atoms with Gasteiger partial charge >= 0.3 is 19.8 Å². The number of carbonyl (C=O) groups is 2. The Kier molecular flexibility index (Phi) is 51.5. The van der Waals surface area contributed by atoms with Crippen LogP contribution in [0.1, 0.15) is 239 Å². The number of phosphoric acid groups is 1. The molecule has 0 saturated heterocycles. The Morgan fingerprint density at radius 2 is 0.781 bits per heavy atom. The molecule has 0 amide bonds. The molecule has 73 heavy (non-hydrogen) atoms. The Balaban J connectivity index is 4.16. The van der Waals surface area contributed by atoms with Crippen LogP contribution in [0.5, 0.6) is 0 Å². The zero-order valence-corrected chi connectivity index (χ0v) is 48.5. The van der Waals surface area contributed by atoms with Crippen LogP contribution >= 0.6 is 7.82 Å². The predicted molar refractivity (Wildman–Crippen MR) is 312 cm³/mol. The van der Waals surface area contributed by atoms with Crippen molar-refractivity contribution in [2.24, 2.45) is 0 Å². The first-order valence-corrected chi connectivity index (χ1v) is 31.0. The molecule has 0 aromatic heterocycles. The summed E-state index contributed by atoms with van der Waals surface area (Å²) in [6.07, 6.45) is 73.3. The van der Waals surface area contributed by atoms with E-state index in [1.165, 1.54) is 109 Å². The summed E-state index contributed by atoms with van der Waals surface area (Å²) in [4.78, 5) is 35.7. The Labute approximate surface area is 449 Å². The van der Waals surface area contributed by atoms with Crippen molar-refractivity contribution < 1.29 is 42.1 Å². The van der Waals surface area contributed by atoms with Crippen molar-refractivity contribution in [1.29, 1.82) is 0 Å². The highest BCUT2D eigenvalue weighted by Gasteiger charge is 2.27. The van der Waals surface area contributed by atoms with E-state index in [-0.39, 0.29) is 32.0 Å². The second-order valence-corrected chi connectivity index (χ2v) is 22.1. The number of quaternary nitrogens is 1. The Morgan fingerprint density at radius 3 is 1.16 bits per heavy atom. The van der Waals surface area contributed by atoms with E-state index in [9.17, 15) is 19.0 Å². The van der Waals surface area contributed by atoms with Crippen LogP contribution in [0.3, 0.4) is 0 Å². The summed E-state index contributed by atoms with van der Waals surface area (Å²) in [6.45, 7) is 4.29. The average Bonchev–Trinajstić information content (AvgIpc) is 3.35. The zero-order chi connectivity index (χ0) is 53.5. The van der Waals surface area contributed by atoms with E-state index in [0.717, 1.165) is 96.3 Å². The van der Waals surface area contributed by atoms with Gasteiger partial charge in [0, 0.05) is 12.8 Å². The minimum Gasteiger partial charge on any atom is -0.462 e.